The molecule has 7 rings (SSSR count). The van der Waals surface area contributed by atoms with Crippen molar-refractivity contribution in [3.05, 3.63) is 70.8 Å². The monoisotopic (exact) mass is 549 g/mol. The summed E-state index contributed by atoms with van der Waals surface area (Å²) < 4.78 is 56.6. The summed E-state index contributed by atoms with van der Waals surface area (Å²) in [7, 11) is -3.93. The third kappa shape index (κ3) is 4.11. The van der Waals surface area contributed by atoms with E-state index in [0.29, 0.717) is 48.1 Å². The first-order valence-electron chi connectivity index (χ1n) is 13.1. The Morgan fingerprint density at radius 1 is 1.00 bits per heavy atom. The topological polar surface area (TPSA) is 91.5 Å². The van der Waals surface area contributed by atoms with E-state index in [1.165, 1.54) is 6.07 Å². The molecule has 2 aromatic heterocycles. The number of sulfone groups is 1. The number of morpholine rings is 1. The highest BCUT2D eigenvalue weighted by atomic mass is 32.2. The van der Waals surface area contributed by atoms with Crippen LogP contribution in [-0.2, 0) is 44.8 Å². The van der Waals surface area contributed by atoms with E-state index in [-0.39, 0.29) is 10.6 Å². The second-order valence-corrected chi connectivity index (χ2v) is 12.1. The smallest absolute Gasteiger partial charge is 0.186 e. The lowest BCUT2D eigenvalue weighted by Crippen LogP contribution is -2.35. The number of ether oxygens (including phenoxy) is 2. The molecule has 202 valence electrons. The first-order valence-corrected chi connectivity index (χ1v) is 14.7. The van der Waals surface area contributed by atoms with Crippen LogP contribution in [0.25, 0.3) is 28.5 Å². The average Bonchev–Trinajstić information content (AvgIpc) is 3.47. The van der Waals surface area contributed by atoms with E-state index < -0.39 is 15.7 Å². The molecule has 0 bridgehead atoms. The Morgan fingerprint density at radius 3 is 2.56 bits per heavy atom. The fraction of sp³-hybridized carbons (Fsp3) is 0.357. The third-order valence-corrected chi connectivity index (χ3v) is 9.43. The lowest BCUT2D eigenvalue weighted by molar-refractivity contribution is 0.0342. The molecule has 0 radical (unpaired) electrons. The van der Waals surface area contributed by atoms with Crippen LogP contribution in [0.4, 0.5) is 4.39 Å². The first-order chi connectivity index (χ1) is 18.9. The number of aryl methyl sites for hydroxylation is 1. The first kappa shape index (κ1) is 24.6. The summed E-state index contributed by atoms with van der Waals surface area (Å²) in [4.78, 5) is 6.88. The van der Waals surface area contributed by atoms with E-state index in [2.05, 4.69) is 21.6 Å². The van der Waals surface area contributed by atoms with Crippen molar-refractivity contribution in [2.24, 2.45) is 0 Å². The predicted octanol–water partition coefficient (Wildman–Crippen LogP) is 3.50. The van der Waals surface area contributed by atoms with Gasteiger partial charge in [0.15, 0.2) is 15.7 Å². The number of aromatic nitrogens is 4. The van der Waals surface area contributed by atoms with Crippen LogP contribution in [0.1, 0.15) is 22.5 Å². The molecule has 11 heteroatoms. The largest absolute Gasteiger partial charge is 0.379 e. The van der Waals surface area contributed by atoms with Crippen molar-refractivity contribution in [2.75, 3.05) is 32.9 Å². The molecule has 0 unspecified atom stereocenters. The summed E-state index contributed by atoms with van der Waals surface area (Å²) >= 11 is 0. The van der Waals surface area contributed by atoms with Gasteiger partial charge in [0.05, 0.1) is 54.9 Å². The van der Waals surface area contributed by atoms with Crippen LogP contribution in [0.5, 0.6) is 0 Å². The lowest BCUT2D eigenvalue weighted by Gasteiger charge is -2.26. The van der Waals surface area contributed by atoms with Gasteiger partial charge in [0.2, 0.25) is 0 Å². The van der Waals surface area contributed by atoms with Gasteiger partial charge < -0.3 is 14.0 Å². The number of hydrogen-bond donors (Lipinski definition) is 0. The number of hydrogen-bond acceptors (Lipinski definition) is 7. The molecule has 4 aromatic rings. The van der Waals surface area contributed by atoms with Gasteiger partial charge in [-0.05, 0) is 30.7 Å². The van der Waals surface area contributed by atoms with Gasteiger partial charge in [-0.3, -0.25) is 4.90 Å². The Labute approximate surface area is 225 Å². The molecule has 0 amide bonds. The zero-order valence-electron chi connectivity index (χ0n) is 21.6. The van der Waals surface area contributed by atoms with Crippen LogP contribution in [0, 0.1) is 12.7 Å². The van der Waals surface area contributed by atoms with Crippen molar-refractivity contribution in [1.82, 2.24) is 24.2 Å². The van der Waals surface area contributed by atoms with Gasteiger partial charge in [-0.25, -0.2) is 22.5 Å². The molecular formula is C28H28FN5O4S. The normalized spacial score (nSPS) is 18.4. The second-order valence-electron chi connectivity index (χ2n) is 10.2. The highest BCUT2D eigenvalue weighted by Crippen LogP contribution is 2.44. The molecule has 1 fully saturated rings. The Kier molecular flexibility index (Phi) is 5.92. The summed E-state index contributed by atoms with van der Waals surface area (Å²) in [5.41, 5.74) is 5.64. The molecule has 0 aliphatic carbocycles. The second kappa shape index (κ2) is 9.37. The van der Waals surface area contributed by atoms with E-state index in [1.54, 1.807) is 16.8 Å². The zero-order valence-corrected chi connectivity index (χ0v) is 22.4. The van der Waals surface area contributed by atoms with Gasteiger partial charge in [0, 0.05) is 37.3 Å². The number of nitrogens with zero attached hydrogens (tertiary/aromatic N) is 5. The minimum absolute atomic E-state index is 0.274. The molecule has 3 aliphatic rings. The lowest BCUT2D eigenvalue weighted by atomic mass is 10.0. The molecule has 0 N–H and O–H groups in total. The predicted molar refractivity (Wildman–Crippen MR) is 142 cm³/mol. The van der Waals surface area contributed by atoms with Gasteiger partial charge in [0.25, 0.3) is 0 Å². The maximum Gasteiger partial charge on any atom is 0.186 e. The minimum Gasteiger partial charge on any atom is -0.379 e. The van der Waals surface area contributed by atoms with Gasteiger partial charge >= 0.3 is 0 Å². The van der Waals surface area contributed by atoms with Crippen molar-refractivity contribution in [3.63, 3.8) is 0 Å². The quantitative estimate of drug-likeness (QED) is 0.385. The SMILES string of the molecule is Cc1nc(-c2nn(-c3ccc(CN4CCOCC4)cc3)c3c2CS(=O)(=O)c2c(F)cccc2-3)n2c1COCC2. The standard InChI is InChI=1S/C28H28FN5O4S/c1-18-24-16-38-14-11-33(24)28(30-18)25-22-17-39(35,36)27-21(3-2-4-23(27)29)26(22)34(31-25)20-7-5-19(6-8-20)15-32-9-12-37-13-10-32/h2-8H,9-17H2,1H3. The number of halogens is 1. The van der Waals surface area contributed by atoms with Crippen LogP contribution in [0.3, 0.4) is 0 Å². The van der Waals surface area contributed by atoms with Gasteiger partial charge in [-0.2, -0.15) is 5.10 Å². The molecular weight excluding hydrogens is 521 g/mol. The van der Waals surface area contributed by atoms with Crippen molar-refractivity contribution in [2.45, 2.75) is 37.3 Å². The van der Waals surface area contributed by atoms with E-state index in [0.717, 1.165) is 55.5 Å². The van der Waals surface area contributed by atoms with Crippen LogP contribution < -0.4 is 0 Å². The van der Waals surface area contributed by atoms with Crippen molar-refractivity contribution < 1.29 is 22.3 Å². The summed E-state index contributed by atoms with van der Waals surface area (Å²) in [5, 5.41) is 4.97. The molecule has 3 aliphatic heterocycles. The number of imidazole rings is 1. The Bertz CT molecular complexity index is 1690. The van der Waals surface area contributed by atoms with Gasteiger partial charge in [0.1, 0.15) is 16.4 Å². The van der Waals surface area contributed by atoms with Crippen molar-refractivity contribution in [1.29, 1.82) is 0 Å². The molecule has 0 atom stereocenters. The fourth-order valence-corrected chi connectivity index (χ4v) is 7.46. The molecule has 0 saturated carbocycles. The summed E-state index contributed by atoms with van der Waals surface area (Å²) in [6.45, 7) is 7.59. The average molecular weight is 550 g/mol. The molecule has 5 heterocycles. The third-order valence-electron chi connectivity index (χ3n) is 7.72. The van der Waals surface area contributed by atoms with Crippen molar-refractivity contribution in [3.8, 4) is 28.5 Å². The van der Waals surface area contributed by atoms with Crippen LogP contribution in [0.15, 0.2) is 47.4 Å². The maximum absolute atomic E-state index is 15.0. The minimum atomic E-state index is -3.93. The molecule has 39 heavy (non-hydrogen) atoms. The summed E-state index contributed by atoms with van der Waals surface area (Å²) in [5.74, 6) is -0.488. The van der Waals surface area contributed by atoms with E-state index in [1.807, 2.05) is 19.1 Å². The van der Waals surface area contributed by atoms with E-state index in [9.17, 15) is 12.8 Å². The summed E-state index contributed by atoms with van der Waals surface area (Å²) in [6.07, 6.45) is 0. The van der Waals surface area contributed by atoms with Gasteiger partial charge in [-0.15, -0.1) is 0 Å². The summed E-state index contributed by atoms with van der Waals surface area (Å²) in [6, 6.07) is 12.5. The fourth-order valence-electron chi connectivity index (χ4n) is 5.80. The van der Waals surface area contributed by atoms with Crippen LogP contribution >= 0.6 is 0 Å². The van der Waals surface area contributed by atoms with E-state index in [4.69, 9.17) is 19.6 Å². The molecule has 1 saturated heterocycles. The highest BCUT2D eigenvalue weighted by molar-refractivity contribution is 7.91. The molecule has 9 nitrogen and oxygen atoms in total. The Morgan fingerprint density at radius 2 is 1.77 bits per heavy atom. The van der Waals surface area contributed by atoms with Crippen LogP contribution in [0.2, 0.25) is 0 Å². The van der Waals surface area contributed by atoms with Gasteiger partial charge in [-0.1, -0.05) is 24.3 Å². The van der Waals surface area contributed by atoms with Crippen molar-refractivity contribution >= 4 is 9.84 Å². The number of fused-ring (bicyclic) bond motifs is 4. The number of rotatable bonds is 4. The number of benzene rings is 2. The maximum atomic E-state index is 15.0. The highest BCUT2D eigenvalue weighted by Gasteiger charge is 2.38. The Balaban J connectivity index is 1.40. The molecule has 0 spiro atoms. The van der Waals surface area contributed by atoms with E-state index >= 15 is 0 Å². The Hall–Kier alpha value is -3.38. The molecule has 2 aromatic carbocycles. The zero-order chi connectivity index (χ0) is 26.7. The van der Waals surface area contributed by atoms with Crippen LogP contribution in [-0.4, -0.2) is 65.6 Å².